The smallest absolute Gasteiger partial charge is 0.200 e. The van der Waals surface area contributed by atoms with Gasteiger partial charge in [0.15, 0.2) is 17.3 Å². The fourth-order valence-corrected chi connectivity index (χ4v) is 2.84. The van der Waals surface area contributed by atoms with Gasteiger partial charge in [-0.3, -0.25) is 4.79 Å². The molecular formula is C18H16O6. The Hall–Kier alpha value is -3.15. The van der Waals surface area contributed by atoms with Crippen LogP contribution in [-0.2, 0) is 6.42 Å². The SMILES string of the molecule is COc1cc(C2=CC(=O)c3c(O)cc(O)cc3C2)cc(OC)c1O. The van der Waals surface area contributed by atoms with Crippen molar-refractivity contribution in [2.75, 3.05) is 14.2 Å². The Labute approximate surface area is 138 Å². The van der Waals surface area contributed by atoms with E-state index in [1.165, 1.54) is 26.4 Å². The van der Waals surface area contributed by atoms with Crippen molar-refractivity contribution in [3.8, 4) is 28.7 Å². The molecule has 0 radical (unpaired) electrons. The van der Waals surface area contributed by atoms with Crippen LogP contribution < -0.4 is 9.47 Å². The zero-order chi connectivity index (χ0) is 17.4. The first-order valence-corrected chi connectivity index (χ1v) is 7.19. The summed E-state index contributed by atoms with van der Waals surface area (Å²) in [5.74, 6) is -0.381. The minimum Gasteiger partial charge on any atom is -0.508 e. The number of rotatable bonds is 3. The lowest BCUT2D eigenvalue weighted by Gasteiger charge is -2.19. The van der Waals surface area contributed by atoms with Crippen LogP contribution in [0.15, 0.2) is 30.3 Å². The molecule has 0 heterocycles. The van der Waals surface area contributed by atoms with Crippen LogP contribution in [0.2, 0.25) is 0 Å². The zero-order valence-corrected chi connectivity index (χ0v) is 13.2. The van der Waals surface area contributed by atoms with Gasteiger partial charge in [0.1, 0.15) is 11.5 Å². The molecule has 0 bridgehead atoms. The van der Waals surface area contributed by atoms with E-state index in [1.54, 1.807) is 12.1 Å². The number of hydrogen-bond acceptors (Lipinski definition) is 6. The number of phenolic OH excluding ortho intramolecular Hbond substituents is 3. The number of methoxy groups -OCH3 is 2. The van der Waals surface area contributed by atoms with E-state index < -0.39 is 0 Å². The van der Waals surface area contributed by atoms with E-state index in [4.69, 9.17) is 9.47 Å². The summed E-state index contributed by atoms with van der Waals surface area (Å²) in [6.07, 6.45) is 1.75. The van der Waals surface area contributed by atoms with Gasteiger partial charge in [-0.05, 0) is 47.4 Å². The number of carbonyl (C=O) groups is 1. The summed E-state index contributed by atoms with van der Waals surface area (Å²) in [5.41, 5.74) is 2.02. The Balaban J connectivity index is 2.11. The molecule has 2 aromatic carbocycles. The zero-order valence-electron chi connectivity index (χ0n) is 13.2. The monoisotopic (exact) mass is 328 g/mol. The molecule has 1 aliphatic rings. The number of ketones is 1. The Morgan fingerprint density at radius 1 is 0.958 bits per heavy atom. The maximum absolute atomic E-state index is 12.3. The molecule has 6 nitrogen and oxygen atoms in total. The van der Waals surface area contributed by atoms with Gasteiger partial charge in [0, 0.05) is 6.07 Å². The molecule has 3 N–H and O–H groups in total. The second-order valence-electron chi connectivity index (χ2n) is 5.44. The molecule has 0 atom stereocenters. The first kappa shape index (κ1) is 15.7. The fourth-order valence-electron chi connectivity index (χ4n) is 2.84. The van der Waals surface area contributed by atoms with E-state index in [-0.39, 0.29) is 40.1 Å². The maximum atomic E-state index is 12.3. The third kappa shape index (κ3) is 2.52. The lowest BCUT2D eigenvalue weighted by atomic mass is 9.86. The van der Waals surface area contributed by atoms with Crippen molar-refractivity contribution in [1.82, 2.24) is 0 Å². The number of benzene rings is 2. The topological polar surface area (TPSA) is 96.2 Å². The lowest BCUT2D eigenvalue weighted by molar-refractivity contribution is 0.104. The Kier molecular flexibility index (Phi) is 3.81. The molecule has 24 heavy (non-hydrogen) atoms. The number of carbonyl (C=O) groups excluding carboxylic acids is 1. The van der Waals surface area contributed by atoms with Crippen molar-refractivity contribution in [1.29, 1.82) is 0 Å². The van der Waals surface area contributed by atoms with Crippen molar-refractivity contribution >= 4 is 11.4 Å². The second-order valence-corrected chi connectivity index (χ2v) is 5.44. The van der Waals surface area contributed by atoms with Crippen LogP contribution in [0, 0.1) is 0 Å². The first-order valence-electron chi connectivity index (χ1n) is 7.19. The van der Waals surface area contributed by atoms with Gasteiger partial charge in [-0.25, -0.2) is 0 Å². The maximum Gasteiger partial charge on any atom is 0.200 e. The molecule has 2 aromatic rings. The third-order valence-corrected chi connectivity index (χ3v) is 3.97. The minimum absolute atomic E-state index is 0.110. The predicted molar refractivity (Wildman–Crippen MR) is 87.0 cm³/mol. The average Bonchev–Trinajstić information content (AvgIpc) is 2.53. The lowest BCUT2D eigenvalue weighted by Crippen LogP contribution is -2.10. The highest BCUT2D eigenvalue weighted by Crippen LogP contribution is 2.41. The van der Waals surface area contributed by atoms with E-state index >= 15 is 0 Å². The summed E-state index contributed by atoms with van der Waals surface area (Å²) in [6, 6.07) is 5.80. The molecule has 3 rings (SSSR count). The van der Waals surface area contributed by atoms with E-state index in [1.807, 2.05) is 0 Å². The average molecular weight is 328 g/mol. The molecule has 0 fully saturated rings. The standard InChI is InChI=1S/C18H16O6/c1-23-15-6-10(7-16(24-2)18(15)22)9-3-11-4-12(19)8-14(21)17(11)13(20)5-9/h4-8,19,21-22H,3H2,1-2H3. The van der Waals surface area contributed by atoms with Crippen LogP contribution in [0.4, 0.5) is 0 Å². The van der Waals surface area contributed by atoms with Crippen molar-refractivity contribution in [3.63, 3.8) is 0 Å². The van der Waals surface area contributed by atoms with E-state index in [9.17, 15) is 20.1 Å². The van der Waals surface area contributed by atoms with E-state index in [2.05, 4.69) is 0 Å². The van der Waals surface area contributed by atoms with Crippen LogP contribution in [0.25, 0.3) is 5.57 Å². The van der Waals surface area contributed by atoms with Gasteiger partial charge in [0.05, 0.1) is 19.8 Å². The van der Waals surface area contributed by atoms with E-state index in [0.717, 1.165) is 6.07 Å². The molecule has 0 unspecified atom stereocenters. The van der Waals surface area contributed by atoms with Gasteiger partial charge in [-0.2, -0.15) is 0 Å². The van der Waals surface area contributed by atoms with Gasteiger partial charge in [0.25, 0.3) is 0 Å². The van der Waals surface area contributed by atoms with Gasteiger partial charge >= 0.3 is 0 Å². The normalized spacial score (nSPS) is 13.2. The molecular weight excluding hydrogens is 312 g/mol. The molecule has 0 aliphatic heterocycles. The molecule has 0 saturated heterocycles. The summed E-state index contributed by atoms with van der Waals surface area (Å²) >= 11 is 0. The van der Waals surface area contributed by atoms with Gasteiger partial charge in [-0.15, -0.1) is 0 Å². The number of allylic oxidation sites excluding steroid dienone is 2. The summed E-state index contributed by atoms with van der Waals surface area (Å²) in [6.45, 7) is 0. The molecule has 0 spiro atoms. The third-order valence-electron chi connectivity index (χ3n) is 3.97. The van der Waals surface area contributed by atoms with Gasteiger partial charge in [-0.1, -0.05) is 0 Å². The van der Waals surface area contributed by atoms with Crippen LogP contribution in [0.5, 0.6) is 28.7 Å². The first-order chi connectivity index (χ1) is 11.4. The highest BCUT2D eigenvalue weighted by molar-refractivity contribution is 6.13. The van der Waals surface area contributed by atoms with Crippen molar-refractivity contribution in [2.45, 2.75) is 6.42 Å². The molecule has 6 heteroatoms. The summed E-state index contributed by atoms with van der Waals surface area (Å²) in [4.78, 5) is 12.3. The highest BCUT2D eigenvalue weighted by Gasteiger charge is 2.24. The van der Waals surface area contributed by atoms with E-state index in [0.29, 0.717) is 23.1 Å². The fraction of sp³-hybridized carbons (Fsp3) is 0.167. The number of hydrogen-bond donors (Lipinski definition) is 3. The van der Waals surface area contributed by atoms with Crippen molar-refractivity contribution < 1.29 is 29.6 Å². The van der Waals surface area contributed by atoms with Crippen LogP contribution >= 0.6 is 0 Å². The Morgan fingerprint density at radius 3 is 2.17 bits per heavy atom. The predicted octanol–water partition coefficient (Wildman–Crippen LogP) is 2.64. The van der Waals surface area contributed by atoms with Crippen molar-refractivity contribution in [2.24, 2.45) is 0 Å². The van der Waals surface area contributed by atoms with Crippen LogP contribution in [0.3, 0.4) is 0 Å². The largest absolute Gasteiger partial charge is 0.508 e. The number of fused-ring (bicyclic) bond motifs is 1. The van der Waals surface area contributed by atoms with Crippen LogP contribution in [0.1, 0.15) is 21.5 Å². The van der Waals surface area contributed by atoms with Gasteiger partial charge in [0.2, 0.25) is 5.75 Å². The number of ether oxygens (including phenoxy) is 2. The molecule has 0 aromatic heterocycles. The Morgan fingerprint density at radius 2 is 1.58 bits per heavy atom. The molecule has 1 aliphatic carbocycles. The molecule has 0 saturated carbocycles. The second kappa shape index (κ2) is 5.81. The number of aromatic hydroxyl groups is 3. The van der Waals surface area contributed by atoms with Gasteiger partial charge < -0.3 is 24.8 Å². The van der Waals surface area contributed by atoms with Crippen LogP contribution in [-0.4, -0.2) is 35.3 Å². The molecule has 124 valence electrons. The van der Waals surface area contributed by atoms with Crippen molar-refractivity contribution in [3.05, 3.63) is 47.0 Å². The number of phenols is 3. The Bertz CT molecular complexity index is 841. The summed E-state index contributed by atoms with van der Waals surface area (Å²) in [7, 11) is 2.84. The highest BCUT2D eigenvalue weighted by atomic mass is 16.5. The quantitative estimate of drug-likeness (QED) is 0.801. The summed E-state index contributed by atoms with van der Waals surface area (Å²) < 4.78 is 10.3. The molecule has 0 amide bonds. The summed E-state index contributed by atoms with van der Waals surface area (Å²) in [5, 5.41) is 29.5. The minimum atomic E-state index is -0.352.